The first-order chi connectivity index (χ1) is 19.9. The molecule has 13 heteroatoms. The summed E-state index contributed by atoms with van der Waals surface area (Å²) in [4.78, 5) is 62.9. The number of carbonyl (C=O) groups is 5. The number of carbonyl (C=O) groups excluding carboxylic acids is 4. The van der Waals surface area contributed by atoms with Gasteiger partial charge in [0.25, 0.3) is 0 Å². The molecule has 13 nitrogen and oxygen atoms in total. The van der Waals surface area contributed by atoms with Crippen LogP contribution in [0.3, 0.4) is 0 Å². The Morgan fingerprint density at radius 2 is 1.88 bits per heavy atom. The fraction of sp³-hybridized carbons (Fsp3) is 0.621. The molecular weight excluding hydrogens is 548 g/mol. The van der Waals surface area contributed by atoms with Crippen molar-refractivity contribution >= 4 is 35.3 Å². The van der Waals surface area contributed by atoms with Crippen LogP contribution < -0.4 is 21.1 Å². The lowest BCUT2D eigenvalue weighted by atomic mass is 9.94. The number of nitrogens with zero attached hydrogens (tertiary/aromatic N) is 1. The van der Waals surface area contributed by atoms with E-state index in [1.165, 1.54) is 0 Å². The third kappa shape index (κ3) is 8.97. The Kier molecular flexibility index (Phi) is 13.4. The van der Waals surface area contributed by atoms with E-state index >= 15 is 0 Å². The Labute approximate surface area is 246 Å². The number of imide groups is 1. The maximum atomic E-state index is 12.8. The van der Waals surface area contributed by atoms with E-state index in [2.05, 4.69) is 10.6 Å². The molecule has 1 aromatic carbocycles. The van der Waals surface area contributed by atoms with Gasteiger partial charge in [-0.05, 0) is 30.0 Å². The summed E-state index contributed by atoms with van der Waals surface area (Å²) >= 11 is 0. The average Bonchev–Trinajstić information content (AvgIpc) is 3.24. The maximum Gasteiger partial charge on any atom is 0.333 e. The van der Waals surface area contributed by atoms with Crippen LogP contribution in [0.2, 0.25) is 0 Å². The van der Waals surface area contributed by atoms with Crippen LogP contribution in [-0.2, 0) is 35.1 Å². The van der Waals surface area contributed by atoms with Crippen LogP contribution in [0.4, 0.5) is 5.69 Å². The van der Waals surface area contributed by atoms with Gasteiger partial charge < -0.3 is 36.1 Å². The maximum absolute atomic E-state index is 12.8. The molecule has 6 N–H and O–H groups in total. The molecular formula is C29H44N4O9. The molecule has 1 aromatic rings. The second kappa shape index (κ2) is 16.2. The van der Waals surface area contributed by atoms with Gasteiger partial charge in [-0.1, -0.05) is 40.7 Å². The molecule has 0 saturated carbocycles. The van der Waals surface area contributed by atoms with E-state index < -0.39 is 60.1 Å². The highest BCUT2D eigenvalue weighted by molar-refractivity contribution is 6.07. The SMILES string of the molecule is CC.CCc1ccc(OC2CC(O)CC(C(=O)O)O2)c(NC(=O)CCNC(=O)C(CN)N2C(=O)CC(C(C)C)C2=O)c1. The van der Waals surface area contributed by atoms with Gasteiger partial charge in [-0.15, -0.1) is 0 Å². The number of likely N-dealkylation sites (tertiary alicyclic amines) is 1. The minimum absolute atomic E-state index is 0.0335. The van der Waals surface area contributed by atoms with E-state index in [-0.39, 0.29) is 50.4 Å². The molecule has 0 spiro atoms. The number of rotatable bonds is 12. The minimum atomic E-state index is -1.22. The zero-order chi connectivity index (χ0) is 31.6. The summed E-state index contributed by atoms with van der Waals surface area (Å²) in [6.45, 7) is 9.28. The van der Waals surface area contributed by atoms with Crippen LogP contribution >= 0.6 is 0 Å². The predicted octanol–water partition coefficient (Wildman–Crippen LogP) is 1.41. The Morgan fingerprint density at radius 3 is 2.45 bits per heavy atom. The number of aliphatic hydroxyl groups is 1. The molecule has 2 heterocycles. The van der Waals surface area contributed by atoms with E-state index in [0.29, 0.717) is 12.1 Å². The number of carboxylic acids is 1. The van der Waals surface area contributed by atoms with E-state index in [1.54, 1.807) is 18.2 Å². The van der Waals surface area contributed by atoms with Gasteiger partial charge in [0.2, 0.25) is 29.9 Å². The van der Waals surface area contributed by atoms with E-state index in [1.807, 2.05) is 34.6 Å². The molecule has 3 rings (SSSR count). The first-order valence-corrected chi connectivity index (χ1v) is 14.4. The van der Waals surface area contributed by atoms with Gasteiger partial charge in [-0.2, -0.15) is 0 Å². The van der Waals surface area contributed by atoms with Gasteiger partial charge in [0.1, 0.15) is 11.8 Å². The summed E-state index contributed by atoms with van der Waals surface area (Å²) in [6.07, 6.45) is -2.59. The van der Waals surface area contributed by atoms with Crippen LogP contribution in [-0.4, -0.2) is 82.3 Å². The van der Waals surface area contributed by atoms with Crippen molar-refractivity contribution in [3.05, 3.63) is 23.8 Å². The molecule has 0 aromatic heterocycles. The lowest BCUT2D eigenvalue weighted by Crippen LogP contribution is -2.53. The Bertz CT molecular complexity index is 1130. The van der Waals surface area contributed by atoms with Gasteiger partial charge in [0.05, 0.1) is 11.8 Å². The van der Waals surface area contributed by atoms with Crippen molar-refractivity contribution in [3.63, 3.8) is 0 Å². The van der Waals surface area contributed by atoms with Crippen LogP contribution in [0.5, 0.6) is 5.75 Å². The third-order valence-corrected chi connectivity index (χ3v) is 7.04. The molecule has 234 valence electrons. The lowest BCUT2D eigenvalue weighted by molar-refractivity contribution is -0.195. The number of aliphatic hydroxyl groups excluding tert-OH is 1. The van der Waals surface area contributed by atoms with Crippen LogP contribution in [0.25, 0.3) is 0 Å². The smallest absolute Gasteiger partial charge is 0.333 e. The van der Waals surface area contributed by atoms with Crippen LogP contribution in [0.1, 0.15) is 65.9 Å². The molecule has 5 unspecified atom stereocenters. The number of benzene rings is 1. The number of carboxylic acid groups (broad SMARTS) is 1. The summed E-state index contributed by atoms with van der Waals surface area (Å²) in [5, 5.41) is 24.6. The number of hydrogen-bond donors (Lipinski definition) is 5. The summed E-state index contributed by atoms with van der Waals surface area (Å²) in [7, 11) is 0. The predicted molar refractivity (Wildman–Crippen MR) is 153 cm³/mol. The van der Waals surface area contributed by atoms with Gasteiger partial charge in [-0.3, -0.25) is 24.1 Å². The minimum Gasteiger partial charge on any atom is -0.479 e. The van der Waals surface area contributed by atoms with Crippen molar-refractivity contribution in [1.29, 1.82) is 0 Å². The molecule has 4 amide bonds. The molecule has 2 aliphatic heterocycles. The number of anilines is 1. The van der Waals surface area contributed by atoms with Gasteiger partial charge in [-0.25, -0.2) is 4.79 Å². The van der Waals surface area contributed by atoms with Gasteiger partial charge in [0, 0.05) is 44.7 Å². The van der Waals surface area contributed by atoms with Crippen molar-refractivity contribution in [2.45, 2.75) is 91.3 Å². The second-order valence-electron chi connectivity index (χ2n) is 10.3. The summed E-state index contributed by atoms with van der Waals surface area (Å²) in [5.74, 6) is -3.47. The third-order valence-electron chi connectivity index (χ3n) is 7.04. The van der Waals surface area contributed by atoms with Gasteiger partial charge >= 0.3 is 5.97 Å². The highest BCUT2D eigenvalue weighted by Crippen LogP contribution is 2.31. The van der Waals surface area contributed by atoms with E-state index in [4.69, 9.17) is 15.2 Å². The molecule has 0 radical (unpaired) electrons. The van der Waals surface area contributed by atoms with Crippen molar-refractivity contribution < 1.29 is 43.7 Å². The number of ether oxygens (including phenoxy) is 2. The lowest BCUT2D eigenvalue weighted by Gasteiger charge is -2.31. The molecule has 0 aliphatic carbocycles. The zero-order valence-corrected chi connectivity index (χ0v) is 24.9. The number of amides is 4. The standard InChI is InChI=1S/C27H38N4O9.C2H6/c1-4-15-5-6-20(39-24-11-16(32)10-21(40-24)27(37)38)18(9-15)30-22(33)7-8-29-25(35)19(13-28)31-23(34)12-17(14(2)3)26(31)36;1-2/h5-6,9,14,16-17,19,21,24,32H,4,7-8,10-13,28H2,1-3H3,(H,29,35)(H,30,33)(H,37,38);1-2H3. The normalized spacial score (nSPS) is 22.7. The molecule has 2 fully saturated rings. The van der Waals surface area contributed by atoms with Crippen molar-refractivity contribution in [2.75, 3.05) is 18.4 Å². The van der Waals surface area contributed by atoms with Crippen LogP contribution in [0.15, 0.2) is 18.2 Å². The fourth-order valence-corrected chi connectivity index (χ4v) is 4.72. The average molecular weight is 593 g/mol. The largest absolute Gasteiger partial charge is 0.479 e. The van der Waals surface area contributed by atoms with Crippen molar-refractivity contribution in [2.24, 2.45) is 17.6 Å². The number of aliphatic carboxylic acids is 1. The first kappa shape index (κ1) is 34.7. The monoisotopic (exact) mass is 592 g/mol. The number of nitrogens with one attached hydrogen (secondary N) is 2. The Balaban J connectivity index is 0.00000301. The Hall–Kier alpha value is -3.55. The first-order valence-electron chi connectivity index (χ1n) is 14.4. The van der Waals surface area contributed by atoms with E-state index in [9.17, 15) is 34.2 Å². The summed E-state index contributed by atoms with van der Waals surface area (Å²) < 4.78 is 11.3. The van der Waals surface area contributed by atoms with E-state index in [0.717, 1.165) is 10.5 Å². The zero-order valence-electron chi connectivity index (χ0n) is 24.9. The van der Waals surface area contributed by atoms with Crippen molar-refractivity contribution in [3.8, 4) is 5.75 Å². The topological polar surface area (TPSA) is 198 Å². The number of aryl methyl sites for hydroxylation is 1. The second-order valence-corrected chi connectivity index (χ2v) is 10.3. The highest BCUT2D eigenvalue weighted by atomic mass is 16.7. The fourth-order valence-electron chi connectivity index (χ4n) is 4.72. The molecule has 2 aliphatic rings. The van der Waals surface area contributed by atoms with Crippen LogP contribution in [0, 0.1) is 11.8 Å². The molecule has 42 heavy (non-hydrogen) atoms. The van der Waals surface area contributed by atoms with Gasteiger partial charge in [0.15, 0.2) is 6.10 Å². The quantitative estimate of drug-likeness (QED) is 0.221. The number of nitrogens with two attached hydrogens (primary N) is 1. The highest BCUT2D eigenvalue weighted by Gasteiger charge is 2.45. The molecule has 2 saturated heterocycles. The molecule has 5 atom stereocenters. The summed E-state index contributed by atoms with van der Waals surface area (Å²) in [6, 6.07) is 3.96. The Morgan fingerprint density at radius 1 is 1.19 bits per heavy atom. The summed E-state index contributed by atoms with van der Waals surface area (Å²) in [5.41, 5.74) is 6.95. The van der Waals surface area contributed by atoms with Crippen molar-refractivity contribution in [1.82, 2.24) is 10.2 Å². The molecule has 0 bridgehead atoms. The number of hydrogen-bond acceptors (Lipinski definition) is 9.